The quantitative estimate of drug-likeness (QED) is 0.495. The van der Waals surface area contributed by atoms with Gasteiger partial charge in [0.05, 0.1) is 17.2 Å². The smallest absolute Gasteiger partial charge is 0.264 e. The van der Waals surface area contributed by atoms with E-state index in [1.807, 2.05) is 6.92 Å². The van der Waals surface area contributed by atoms with Gasteiger partial charge in [-0.05, 0) is 80.1 Å². The maximum absolute atomic E-state index is 13.3. The molecule has 1 amide bonds. The van der Waals surface area contributed by atoms with Crippen molar-refractivity contribution in [3.8, 4) is 5.75 Å². The molecule has 0 spiro atoms. The van der Waals surface area contributed by atoms with Gasteiger partial charge in [-0.25, -0.2) is 12.8 Å². The summed E-state index contributed by atoms with van der Waals surface area (Å²) in [4.78, 5) is 12.7. The lowest BCUT2D eigenvalue weighted by Crippen LogP contribution is -2.38. The number of nitrogens with zero attached hydrogens (tertiary/aromatic N) is 1. The molecule has 0 bridgehead atoms. The van der Waals surface area contributed by atoms with Gasteiger partial charge in [0.2, 0.25) is 5.91 Å². The third kappa shape index (κ3) is 5.57. The number of anilines is 2. The molecule has 168 valence electrons. The Balaban J connectivity index is 1.95. The van der Waals surface area contributed by atoms with E-state index in [2.05, 4.69) is 5.32 Å². The van der Waals surface area contributed by atoms with E-state index in [4.69, 9.17) is 16.3 Å². The Morgan fingerprint density at radius 1 is 1.06 bits per heavy atom. The number of ether oxygens (including phenoxy) is 1. The number of benzene rings is 3. The topological polar surface area (TPSA) is 75.7 Å². The lowest BCUT2D eigenvalue weighted by atomic mass is 10.2. The third-order valence-electron chi connectivity index (χ3n) is 4.60. The highest BCUT2D eigenvalue weighted by Crippen LogP contribution is 2.27. The number of hydrogen-bond acceptors (Lipinski definition) is 4. The Hall–Kier alpha value is -3.10. The zero-order valence-electron chi connectivity index (χ0n) is 17.5. The molecule has 3 aromatic rings. The van der Waals surface area contributed by atoms with E-state index in [1.165, 1.54) is 0 Å². The molecule has 0 saturated carbocycles. The fourth-order valence-corrected chi connectivity index (χ4v) is 4.57. The highest BCUT2D eigenvalue weighted by atomic mass is 35.5. The van der Waals surface area contributed by atoms with E-state index < -0.39 is 28.3 Å². The van der Waals surface area contributed by atoms with Crippen molar-refractivity contribution in [1.29, 1.82) is 0 Å². The molecule has 0 heterocycles. The number of halogens is 2. The summed E-state index contributed by atoms with van der Waals surface area (Å²) in [6.07, 6.45) is 0. The van der Waals surface area contributed by atoms with Crippen LogP contribution in [0.1, 0.15) is 12.5 Å². The van der Waals surface area contributed by atoms with Crippen LogP contribution in [0.15, 0.2) is 71.6 Å². The van der Waals surface area contributed by atoms with Gasteiger partial charge in [-0.3, -0.25) is 9.10 Å². The predicted octanol–water partition coefficient (Wildman–Crippen LogP) is 5.02. The van der Waals surface area contributed by atoms with Gasteiger partial charge in [-0.1, -0.05) is 17.7 Å². The van der Waals surface area contributed by atoms with E-state index in [0.717, 1.165) is 34.1 Å². The Labute approximate surface area is 191 Å². The maximum Gasteiger partial charge on any atom is 0.264 e. The summed E-state index contributed by atoms with van der Waals surface area (Å²) in [5.74, 6) is -0.560. The normalized spacial score (nSPS) is 11.1. The van der Waals surface area contributed by atoms with Crippen LogP contribution in [0.4, 0.5) is 15.8 Å². The van der Waals surface area contributed by atoms with Crippen molar-refractivity contribution in [3.05, 3.63) is 83.1 Å². The van der Waals surface area contributed by atoms with Crippen molar-refractivity contribution < 1.29 is 22.3 Å². The highest BCUT2D eigenvalue weighted by Gasteiger charge is 2.27. The molecule has 0 aliphatic rings. The fraction of sp³-hybridized carbons (Fsp3) is 0.174. The van der Waals surface area contributed by atoms with Gasteiger partial charge >= 0.3 is 0 Å². The summed E-state index contributed by atoms with van der Waals surface area (Å²) >= 11 is 6.01. The number of aryl methyl sites for hydroxylation is 1. The SMILES string of the molecule is CCOc1ccc(N(CC(=O)Nc2cc(Cl)ccc2C)S(=O)(=O)c2ccc(F)cc2)cc1. The van der Waals surface area contributed by atoms with Crippen molar-refractivity contribution in [1.82, 2.24) is 0 Å². The maximum atomic E-state index is 13.3. The van der Waals surface area contributed by atoms with E-state index in [9.17, 15) is 17.6 Å². The molecular weight excluding hydrogens is 455 g/mol. The van der Waals surface area contributed by atoms with Crippen LogP contribution in [0.25, 0.3) is 0 Å². The first-order valence-corrected chi connectivity index (χ1v) is 11.6. The van der Waals surface area contributed by atoms with Gasteiger partial charge in [0.1, 0.15) is 18.1 Å². The first-order chi connectivity index (χ1) is 15.2. The third-order valence-corrected chi connectivity index (χ3v) is 6.62. The number of sulfonamides is 1. The molecule has 0 radical (unpaired) electrons. The van der Waals surface area contributed by atoms with E-state index in [0.29, 0.717) is 23.1 Å². The zero-order valence-corrected chi connectivity index (χ0v) is 19.1. The lowest BCUT2D eigenvalue weighted by molar-refractivity contribution is -0.114. The molecule has 0 atom stereocenters. The van der Waals surface area contributed by atoms with Crippen LogP contribution in [0.2, 0.25) is 5.02 Å². The minimum absolute atomic E-state index is 0.139. The van der Waals surface area contributed by atoms with Gasteiger partial charge in [-0.15, -0.1) is 0 Å². The molecule has 0 fully saturated rings. The monoisotopic (exact) mass is 476 g/mol. The van der Waals surface area contributed by atoms with Gasteiger partial charge < -0.3 is 10.1 Å². The van der Waals surface area contributed by atoms with Gasteiger partial charge in [0.15, 0.2) is 0 Å². The number of carbonyl (C=O) groups is 1. The van der Waals surface area contributed by atoms with Crippen molar-refractivity contribution in [3.63, 3.8) is 0 Å². The Morgan fingerprint density at radius 3 is 2.34 bits per heavy atom. The van der Waals surface area contributed by atoms with Gasteiger partial charge in [-0.2, -0.15) is 0 Å². The minimum atomic E-state index is -4.16. The first-order valence-electron chi connectivity index (χ1n) is 9.78. The average Bonchev–Trinajstić information content (AvgIpc) is 2.76. The van der Waals surface area contributed by atoms with Crippen LogP contribution in [0, 0.1) is 12.7 Å². The Morgan fingerprint density at radius 2 is 1.72 bits per heavy atom. The van der Waals surface area contributed by atoms with Gasteiger partial charge in [0, 0.05) is 10.7 Å². The van der Waals surface area contributed by atoms with Gasteiger partial charge in [0.25, 0.3) is 10.0 Å². The molecular formula is C23H22ClFN2O4S. The number of hydrogen-bond donors (Lipinski definition) is 1. The minimum Gasteiger partial charge on any atom is -0.494 e. The summed E-state index contributed by atoms with van der Waals surface area (Å²) < 4.78 is 46.4. The van der Waals surface area contributed by atoms with Crippen molar-refractivity contribution in [2.75, 3.05) is 22.8 Å². The molecule has 0 aliphatic heterocycles. The van der Waals surface area contributed by atoms with Crippen LogP contribution in [0.5, 0.6) is 5.75 Å². The molecule has 1 N–H and O–H groups in total. The van der Waals surface area contributed by atoms with Crippen molar-refractivity contribution in [2.45, 2.75) is 18.7 Å². The Bertz CT molecular complexity index is 1200. The van der Waals surface area contributed by atoms with Crippen LogP contribution < -0.4 is 14.4 Å². The summed E-state index contributed by atoms with van der Waals surface area (Å²) in [5.41, 5.74) is 1.51. The largest absolute Gasteiger partial charge is 0.494 e. The standard InChI is InChI=1S/C23H22ClFN2O4S/c1-3-31-20-10-8-19(9-11-20)27(32(29,30)21-12-6-18(25)7-13-21)15-23(28)26-22-14-17(24)5-4-16(22)2/h4-14H,3,15H2,1-2H3,(H,26,28). The van der Waals surface area contributed by atoms with Crippen LogP contribution >= 0.6 is 11.6 Å². The second-order valence-corrected chi connectivity index (χ2v) is 9.20. The van der Waals surface area contributed by atoms with E-state index >= 15 is 0 Å². The summed E-state index contributed by atoms with van der Waals surface area (Å²) in [6.45, 7) is 3.59. The van der Waals surface area contributed by atoms with Crippen LogP contribution in [-0.4, -0.2) is 27.5 Å². The molecule has 6 nitrogen and oxygen atoms in total. The summed E-state index contributed by atoms with van der Waals surface area (Å²) in [6, 6.07) is 15.8. The number of amides is 1. The van der Waals surface area contributed by atoms with E-state index in [1.54, 1.807) is 49.4 Å². The van der Waals surface area contributed by atoms with Crippen LogP contribution in [-0.2, 0) is 14.8 Å². The second kappa shape index (κ2) is 10.0. The molecule has 0 aromatic heterocycles. The second-order valence-electron chi connectivity index (χ2n) is 6.90. The first kappa shape index (κ1) is 23.6. The molecule has 3 rings (SSSR count). The van der Waals surface area contributed by atoms with Crippen molar-refractivity contribution >= 4 is 38.9 Å². The molecule has 0 saturated heterocycles. The molecule has 3 aromatic carbocycles. The van der Waals surface area contributed by atoms with Crippen molar-refractivity contribution in [2.24, 2.45) is 0 Å². The molecule has 32 heavy (non-hydrogen) atoms. The van der Waals surface area contributed by atoms with E-state index in [-0.39, 0.29) is 10.6 Å². The molecule has 9 heteroatoms. The highest BCUT2D eigenvalue weighted by molar-refractivity contribution is 7.92. The predicted molar refractivity (Wildman–Crippen MR) is 123 cm³/mol. The fourth-order valence-electron chi connectivity index (χ4n) is 2.97. The summed E-state index contributed by atoms with van der Waals surface area (Å²) in [7, 11) is -4.16. The number of rotatable bonds is 8. The molecule has 0 aliphatic carbocycles. The molecule has 0 unspecified atom stereocenters. The average molecular weight is 477 g/mol. The Kier molecular flexibility index (Phi) is 7.37. The zero-order chi connectivity index (χ0) is 23.3. The van der Waals surface area contributed by atoms with Crippen LogP contribution in [0.3, 0.4) is 0 Å². The summed E-state index contributed by atoms with van der Waals surface area (Å²) in [5, 5.41) is 3.14. The number of carbonyl (C=O) groups excluding carboxylic acids is 1. The number of nitrogens with one attached hydrogen (secondary N) is 1. The lowest BCUT2D eigenvalue weighted by Gasteiger charge is -2.24.